The van der Waals surface area contributed by atoms with E-state index in [1.807, 2.05) is 0 Å². The predicted octanol–water partition coefficient (Wildman–Crippen LogP) is 3.69. The Hall–Kier alpha value is -2.34. The van der Waals surface area contributed by atoms with E-state index < -0.39 is 30.3 Å². The number of anilines is 1. The normalized spacial score (nSPS) is 20.9. The summed E-state index contributed by atoms with van der Waals surface area (Å²) >= 11 is 0. The quantitative estimate of drug-likeness (QED) is 0.703. The van der Waals surface area contributed by atoms with Crippen molar-refractivity contribution in [3.05, 3.63) is 30.1 Å². The summed E-state index contributed by atoms with van der Waals surface area (Å²) in [5.74, 6) is 1.43. The van der Waals surface area contributed by atoms with Crippen LogP contribution in [0.2, 0.25) is 0 Å². The molecule has 31 heavy (non-hydrogen) atoms. The van der Waals surface area contributed by atoms with Gasteiger partial charge in [0, 0.05) is 44.7 Å². The van der Waals surface area contributed by atoms with Gasteiger partial charge in [0.2, 0.25) is 0 Å². The molecule has 0 radical (unpaired) electrons. The second kappa shape index (κ2) is 9.03. The number of nitrogens with two attached hydrogens (primary N) is 1. The highest BCUT2D eigenvalue weighted by molar-refractivity contribution is 5.61. The number of piperidine rings is 1. The van der Waals surface area contributed by atoms with Gasteiger partial charge in [0.05, 0.1) is 17.9 Å². The summed E-state index contributed by atoms with van der Waals surface area (Å²) in [4.78, 5) is 5.91. The minimum absolute atomic E-state index is 0.0581. The topological polar surface area (TPSA) is 69.2 Å². The van der Waals surface area contributed by atoms with Crippen molar-refractivity contribution in [2.75, 3.05) is 39.1 Å². The zero-order valence-corrected chi connectivity index (χ0v) is 16.7. The maximum Gasteiger partial charge on any atom is 0.419 e. The molecule has 2 aliphatic rings. The molecule has 1 aliphatic carbocycles. The fraction of sp³-hybridized carbons (Fsp3) is 0.579. The number of hydrogen-bond donors (Lipinski definition) is 1. The second-order valence-corrected chi connectivity index (χ2v) is 7.68. The molecule has 2 fully saturated rings. The first-order valence-electron chi connectivity index (χ1n) is 9.61. The van der Waals surface area contributed by atoms with Crippen LogP contribution in [-0.4, -0.2) is 59.2 Å². The van der Waals surface area contributed by atoms with Crippen LogP contribution in [0.1, 0.15) is 12.0 Å². The van der Waals surface area contributed by atoms with E-state index in [4.69, 9.17) is 10.5 Å². The number of methoxy groups -OCH3 is 1. The number of ether oxygens (including phenoxy) is 1. The first kappa shape index (κ1) is 23.3. The number of halogens is 6. The van der Waals surface area contributed by atoms with Gasteiger partial charge < -0.3 is 15.4 Å². The lowest BCUT2D eigenvalue weighted by Crippen LogP contribution is -2.26. The lowest BCUT2D eigenvalue weighted by Gasteiger charge is -2.15. The third kappa shape index (κ3) is 6.57. The lowest BCUT2D eigenvalue weighted by atomic mass is 10.1. The van der Waals surface area contributed by atoms with Gasteiger partial charge in [0.25, 0.3) is 0 Å². The van der Waals surface area contributed by atoms with Gasteiger partial charge in [-0.05, 0) is 30.4 Å². The second-order valence-electron chi connectivity index (χ2n) is 7.68. The molecule has 6 nitrogen and oxygen atoms in total. The Morgan fingerprint density at radius 3 is 2.42 bits per heavy atom. The van der Waals surface area contributed by atoms with E-state index in [1.165, 1.54) is 25.6 Å². The molecule has 0 aromatic carbocycles. The molecular weight excluding hydrogens is 428 g/mol. The lowest BCUT2D eigenvalue weighted by molar-refractivity contribution is -0.142. The maximum atomic E-state index is 12.7. The highest BCUT2D eigenvalue weighted by atomic mass is 19.4. The number of pyridine rings is 1. The van der Waals surface area contributed by atoms with Gasteiger partial charge in [-0.2, -0.15) is 31.4 Å². The average molecular weight is 451 g/mol. The van der Waals surface area contributed by atoms with E-state index in [1.54, 1.807) is 7.11 Å². The van der Waals surface area contributed by atoms with Crippen molar-refractivity contribution < 1.29 is 31.1 Å². The van der Waals surface area contributed by atoms with Crippen LogP contribution in [0.25, 0.3) is 11.3 Å². The maximum absolute atomic E-state index is 12.7. The van der Waals surface area contributed by atoms with Gasteiger partial charge in [0.1, 0.15) is 12.4 Å². The van der Waals surface area contributed by atoms with Gasteiger partial charge in [0.15, 0.2) is 0 Å². The first-order chi connectivity index (χ1) is 14.5. The van der Waals surface area contributed by atoms with Crippen molar-refractivity contribution >= 4 is 5.82 Å². The predicted molar refractivity (Wildman–Crippen MR) is 101 cm³/mol. The van der Waals surface area contributed by atoms with E-state index in [0.717, 1.165) is 37.4 Å². The zero-order valence-electron chi connectivity index (χ0n) is 16.7. The van der Waals surface area contributed by atoms with Crippen molar-refractivity contribution in [1.82, 2.24) is 19.7 Å². The summed E-state index contributed by atoms with van der Waals surface area (Å²) < 4.78 is 80.2. The monoisotopic (exact) mass is 451 g/mol. The highest BCUT2D eigenvalue weighted by Gasteiger charge is 2.44. The number of rotatable bonds is 5. The molecule has 1 saturated heterocycles. The first-order valence-corrected chi connectivity index (χ1v) is 9.61. The number of hydrogen-bond acceptors (Lipinski definition) is 5. The van der Waals surface area contributed by atoms with Crippen LogP contribution in [-0.2, 0) is 17.5 Å². The van der Waals surface area contributed by atoms with Crippen LogP contribution in [0.5, 0.6) is 0 Å². The van der Waals surface area contributed by atoms with E-state index in [-0.39, 0.29) is 11.3 Å². The third-order valence-electron chi connectivity index (χ3n) is 5.17. The van der Waals surface area contributed by atoms with Gasteiger partial charge in [-0.1, -0.05) is 0 Å². The Balaban J connectivity index is 0.000000225. The SMILES string of the molecule is COCCN1CC2CC2C1.Nc1ncc(-c2ccn(CC(F)(F)F)n2)cc1C(F)(F)F. The van der Waals surface area contributed by atoms with Gasteiger partial charge >= 0.3 is 12.4 Å². The molecule has 3 heterocycles. The third-order valence-corrected chi connectivity index (χ3v) is 5.17. The molecule has 0 amide bonds. The minimum Gasteiger partial charge on any atom is -0.383 e. The van der Waals surface area contributed by atoms with Crippen LogP contribution in [0.4, 0.5) is 32.2 Å². The molecule has 2 aromatic heterocycles. The Morgan fingerprint density at radius 1 is 1.16 bits per heavy atom. The molecule has 0 spiro atoms. The van der Waals surface area contributed by atoms with Gasteiger partial charge in [-0.25, -0.2) is 4.98 Å². The number of likely N-dealkylation sites (tertiary alicyclic amines) is 1. The molecule has 2 N–H and O–H groups in total. The van der Waals surface area contributed by atoms with E-state index in [0.29, 0.717) is 10.7 Å². The fourth-order valence-electron chi connectivity index (χ4n) is 3.53. The molecular formula is C19H23F6N5O. The highest BCUT2D eigenvalue weighted by Crippen LogP contribution is 2.44. The Labute approximate surface area is 175 Å². The Morgan fingerprint density at radius 2 is 1.84 bits per heavy atom. The van der Waals surface area contributed by atoms with Crippen molar-refractivity contribution in [2.24, 2.45) is 11.8 Å². The summed E-state index contributed by atoms with van der Waals surface area (Å²) in [6, 6.07) is 1.86. The molecule has 1 saturated carbocycles. The summed E-state index contributed by atoms with van der Waals surface area (Å²) in [5.41, 5.74) is 3.85. The molecule has 0 bridgehead atoms. The number of nitrogens with zero attached hydrogens (tertiary/aromatic N) is 4. The largest absolute Gasteiger partial charge is 0.419 e. The molecule has 2 unspecified atom stereocenters. The van der Waals surface area contributed by atoms with Crippen molar-refractivity contribution in [1.29, 1.82) is 0 Å². The smallest absolute Gasteiger partial charge is 0.383 e. The van der Waals surface area contributed by atoms with Crippen LogP contribution < -0.4 is 5.73 Å². The fourth-order valence-corrected chi connectivity index (χ4v) is 3.53. The standard InChI is InChI=1S/C11H8F6N4.C8H15NO/c12-10(13,14)5-21-2-1-8(20-21)6-3-7(11(15,16)17)9(18)19-4-6;1-10-3-2-9-5-7-4-8(7)6-9/h1-4H,5H2,(H2,18,19);7-8H,2-6H2,1H3. The van der Waals surface area contributed by atoms with Crippen molar-refractivity contribution in [3.8, 4) is 11.3 Å². The molecule has 172 valence electrons. The van der Waals surface area contributed by atoms with E-state index in [9.17, 15) is 26.3 Å². The van der Waals surface area contributed by atoms with Crippen molar-refractivity contribution in [3.63, 3.8) is 0 Å². The molecule has 2 aromatic rings. The minimum atomic E-state index is -4.71. The summed E-state index contributed by atoms with van der Waals surface area (Å²) in [6.07, 6.45) is -5.64. The average Bonchev–Trinajstić information content (AvgIpc) is 3.05. The zero-order chi connectivity index (χ0) is 22.8. The van der Waals surface area contributed by atoms with Gasteiger partial charge in [-0.3, -0.25) is 4.68 Å². The van der Waals surface area contributed by atoms with Crippen LogP contribution in [0, 0.1) is 11.8 Å². The summed E-state index contributed by atoms with van der Waals surface area (Å²) in [6.45, 7) is 3.40. The van der Waals surface area contributed by atoms with E-state index in [2.05, 4.69) is 15.0 Å². The number of fused-ring (bicyclic) bond motifs is 1. The Bertz CT molecular complexity index is 871. The molecule has 2 atom stereocenters. The van der Waals surface area contributed by atoms with Crippen molar-refractivity contribution in [2.45, 2.75) is 25.3 Å². The molecule has 1 aliphatic heterocycles. The van der Waals surface area contributed by atoms with Crippen LogP contribution >= 0.6 is 0 Å². The molecule has 12 heteroatoms. The van der Waals surface area contributed by atoms with Crippen LogP contribution in [0.15, 0.2) is 24.5 Å². The Kier molecular flexibility index (Phi) is 6.79. The molecule has 4 rings (SSSR count). The summed E-state index contributed by atoms with van der Waals surface area (Å²) in [5, 5.41) is 3.57. The number of aromatic nitrogens is 3. The van der Waals surface area contributed by atoms with Gasteiger partial charge in [-0.15, -0.1) is 0 Å². The van der Waals surface area contributed by atoms with E-state index >= 15 is 0 Å². The number of nitrogen functional groups attached to an aromatic ring is 1. The van der Waals surface area contributed by atoms with Crippen LogP contribution in [0.3, 0.4) is 0 Å². The number of alkyl halides is 6. The summed E-state index contributed by atoms with van der Waals surface area (Å²) in [7, 11) is 1.77.